The molecule has 4 rings (SSSR count). The second kappa shape index (κ2) is 11.2. The topological polar surface area (TPSA) is 65.4 Å². The molecule has 1 amide bonds. The lowest BCUT2D eigenvalue weighted by atomic mass is 10.0. The standard InChI is InChI=1S/C26H31BrN2O2S2/c1-3-5-7-9-12-16-19(22(27)17(33-16)13-10-8-6-4-2)24-21-20(25(30)29-24)23(28-26(21)31)18-14-11-15-32-18/h11,14-15,29-30H,3-10,12-13H2,1-2H3. The van der Waals surface area contributed by atoms with Gasteiger partial charge in [-0.1, -0.05) is 58.4 Å². The lowest BCUT2D eigenvalue weighted by molar-refractivity contribution is 0.101. The Balaban J connectivity index is 1.72. The van der Waals surface area contributed by atoms with Gasteiger partial charge in [0.15, 0.2) is 5.88 Å². The monoisotopic (exact) mass is 546 g/mol. The molecule has 1 aliphatic rings. The first-order valence-corrected chi connectivity index (χ1v) is 14.5. The van der Waals surface area contributed by atoms with E-state index in [0.29, 0.717) is 22.5 Å². The Hall–Kier alpha value is -1.70. The van der Waals surface area contributed by atoms with Crippen LogP contribution in [0.3, 0.4) is 0 Å². The smallest absolute Gasteiger partial charge is 0.280 e. The molecule has 0 unspecified atom stereocenters. The molecule has 1 aliphatic heterocycles. The number of amides is 1. The maximum atomic E-state index is 13.0. The molecule has 4 heterocycles. The molecule has 0 radical (unpaired) electrons. The fraction of sp³-hybridized carbons (Fsp3) is 0.462. The summed E-state index contributed by atoms with van der Waals surface area (Å²) in [4.78, 5) is 24.0. The normalized spacial score (nSPS) is 13.1. The van der Waals surface area contributed by atoms with Crippen molar-refractivity contribution in [2.24, 2.45) is 4.99 Å². The van der Waals surface area contributed by atoms with Crippen LogP contribution < -0.4 is 0 Å². The van der Waals surface area contributed by atoms with E-state index in [-0.39, 0.29) is 11.8 Å². The number of halogens is 1. The number of aromatic amines is 1. The van der Waals surface area contributed by atoms with Gasteiger partial charge < -0.3 is 10.1 Å². The maximum absolute atomic E-state index is 13.0. The minimum atomic E-state index is -0.278. The van der Waals surface area contributed by atoms with Crippen LogP contribution in [0.25, 0.3) is 11.3 Å². The van der Waals surface area contributed by atoms with Crippen molar-refractivity contribution in [2.45, 2.75) is 78.1 Å². The zero-order valence-electron chi connectivity index (χ0n) is 19.3. The van der Waals surface area contributed by atoms with Crippen LogP contribution in [0.2, 0.25) is 0 Å². The van der Waals surface area contributed by atoms with E-state index in [9.17, 15) is 9.90 Å². The summed E-state index contributed by atoms with van der Waals surface area (Å²) < 4.78 is 1.07. The van der Waals surface area contributed by atoms with Crippen LogP contribution in [0.1, 0.15) is 95.8 Å². The van der Waals surface area contributed by atoms with Crippen LogP contribution in [0.5, 0.6) is 5.88 Å². The zero-order valence-corrected chi connectivity index (χ0v) is 22.5. The van der Waals surface area contributed by atoms with Gasteiger partial charge in [0.1, 0.15) is 0 Å². The van der Waals surface area contributed by atoms with Crippen molar-refractivity contribution in [1.29, 1.82) is 0 Å². The molecular formula is C26H31BrN2O2S2. The van der Waals surface area contributed by atoms with Crippen molar-refractivity contribution in [3.05, 3.63) is 47.7 Å². The van der Waals surface area contributed by atoms with Crippen molar-refractivity contribution >= 4 is 50.2 Å². The minimum Gasteiger partial charge on any atom is -0.494 e. The van der Waals surface area contributed by atoms with Crippen molar-refractivity contribution in [3.63, 3.8) is 0 Å². The number of carbonyl (C=O) groups is 1. The number of aryl methyl sites for hydroxylation is 2. The summed E-state index contributed by atoms with van der Waals surface area (Å²) in [5.41, 5.74) is 3.35. The van der Waals surface area contributed by atoms with E-state index in [0.717, 1.165) is 34.2 Å². The molecule has 33 heavy (non-hydrogen) atoms. The fourth-order valence-corrected chi connectivity index (χ4v) is 7.46. The van der Waals surface area contributed by atoms with Crippen molar-refractivity contribution in [3.8, 4) is 17.1 Å². The Bertz CT molecular complexity index is 1140. The lowest BCUT2D eigenvalue weighted by Gasteiger charge is -2.05. The third-order valence-electron chi connectivity index (χ3n) is 6.15. The van der Waals surface area contributed by atoms with E-state index in [1.165, 1.54) is 66.0 Å². The first-order valence-electron chi connectivity index (χ1n) is 12.0. The predicted molar refractivity (Wildman–Crippen MR) is 143 cm³/mol. The molecule has 0 atom stereocenters. The van der Waals surface area contributed by atoms with Crippen LogP contribution in [0.15, 0.2) is 27.0 Å². The second-order valence-corrected chi connectivity index (χ2v) is 11.5. The lowest BCUT2D eigenvalue weighted by Crippen LogP contribution is -1.96. The number of aromatic nitrogens is 1. The highest BCUT2D eigenvalue weighted by Crippen LogP contribution is 2.46. The number of nitrogens with zero attached hydrogens (tertiary/aromatic N) is 1. The van der Waals surface area contributed by atoms with Crippen LogP contribution in [0, 0.1) is 0 Å². The summed E-state index contributed by atoms with van der Waals surface area (Å²) >= 11 is 7.26. The number of fused-ring (bicyclic) bond motifs is 1. The Kier molecular flexibility index (Phi) is 8.25. The molecule has 0 saturated heterocycles. The number of rotatable bonds is 12. The molecule has 2 N–H and O–H groups in total. The second-order valence-electron chi connectivity index (χ2n) is 8.60. The number of carbonyl (C=O) groups excluding carboxylic acids is 1. The van der Waals surface area contributed by atoms with Gasteiger partial charge in [0, 0.05) is 19.8 Å². The molecule has 0 aromatic carbocycles. The largest absolute Gasteiger partial charge is 0.494 e. The van der Waals surface area contributed by atoms with Gasteiger partial charge in [-0.05, 0) is 53.1 Å². The van der Waals surface area contributed by atoms with Gasteiger partial charge in [-0.3, -0.25) is 4.79 Å². The number of nitrogens with one attached hydrogen (secondary N) is 1. The van der Waals surface area contributed by atoms with Crippen LogP contribution >= 0.6 is 38.6 Å². The third kappa shape index (κ3) is 5.05. The van der Waals surface area contributed by atoms with Gasteiger partial charge in [-0.15, -0.1) is 22.7 Å². The van der Waals surface area contributed by atoms with Crippen LogP contribution in [0.4, 0.5) is 0 Å². The molecule has 0 spiro atoms. The van der Waals surface area contributed by atoms with E-state index < -0.39 is 0 Å². The van der Waals surface area contributed by atoms with Gasteiger partial charge in [0.2, 0.25) is 0 Å². The Morgan fingerprint density at radius 1 is 0.970 bits per heavy atom. The van der Waals surface area contributed by atoms with Gasteiger partial charge in [0.25, 0.3) is 5.91 Å². The minimum absolute atomic E-state index is 0.0255. The Morgan fingerprint density at radius 2 is 1.67 bits per heavy atom. The first-order chi connectivity index (χ1) is 16.1. The number of unbranched alkanes of at least 4 members (excludes halogenated alkanes) is 6. The number of aromatic hydroxyl groups is 1. The zero-order chi connectivity index (χ0) is 23.4. The molecule has 3 aromatic rings. The molecule has 7 heteroatoms. The summed E-state index contributed by atoms with van der Waals surface area (Å²) in [5.74, 6) is -0.253. The Labute approximate surface area is 212 Å². The van der Waals surface area contributed by atoms with E-state index in [1.807, 2.05) is 28.8 Å². The van der Waals surface area contributed by atoms with Gasteiger partial charge in [0.05, 0.1) is 27.4 Å². The van der Waals surface area contributed by atoms with Crippen LogP contribution in [-0.2, 0) is 12.8 Å². The average molecular weight is 548 g/mol. The number of hydrogen-bond donors (Lipinski definition) is 2. The summed E-state index contributed by atoms with van der Waals surface area (Å²) in [6.07, 6.45) is 11.7. The molecule has 0 bridgehead atoms. The van der Waals surface area contributed by atoms with Gasteiger partial charge in [-0.2, -0.15) is 0 Å². The van der Waals surface area contributed by atoms with Crippen molar-refractivity contribution in [2.75, 3.05) is 0 Å². The SMILES string of the molecule is CCCCCCc1sc(CCCCCC)c(-c2[nH]c(O)c3c2C(=O)N=C3c2cccs2)c1Br. The van der Waals surface area contributed by atoms with Crippen LogP contribution in [-0.4, -0.2) is 21.7 Å². The van der Waals surface area contributed by atoms with E-state index in [4.69, 9.17) is 0 Å². The highest BCUT2D eigenvalue weighted by atomic mass is 79.9. The van der Waals surface area contributed by atoms with E-state index >= 15 is 0 Å². The molecule has 0 saturated carbocycles. The fourth-order valence-electron chi connectivity index (χ4n) is 4.44. The molecule has 3 aromatic heterocycles. The predicted octanol–water partition coefficient (Wildman–Crippen LogP) is 8.51. The van der Waals surface area contributed by atoms with Crippen molar-refractivity contribution < 1.29 is 9.90 Å². The van der Waals surface area contributed by atoms with Gasteiger partial charge in [-0.25, -0.2) is 4.99 Å². The highest BCUT2D eigenvalue weighted by molar-refractivity contribution is 9.10. The van der Waals surface area contributed by atoms with E-state index in [2.05, 4.69) is 39.8 Å². The number of H-pyrrole nitrogens is 1. The summed E-state index contributed by atoms with van der Waals surface area (Å²) in [5, 5.41) is 12.8. The quantitative estimate of drug-likeness (QED) is 0.223. The summed E-state index contributed by atoms with van der Waals surface area (Å²) in [6, 6.07) is 3.87. The maximum Gasteiger partial charge on any atom is 0.280 e. The summed E-state index contributed by atoms with van der Waals surface area (Å²) in [7, 11) is 0. The first kappa shape index (κ1) is 24.4. The molecular weight excluding hydrogens is 516 g/mol. The van der Waals surface area contributed by atoms with Gasteiger partial charge >= 0.3 is 0 Å². The van der Waals surface area contributed by atoms with E-state index in [1.54, 1.807) is 0 Å². The highest BCUT2D eigenvalue weighted by Gasteiger charge is 2.35. The number of hydrogen-bond acceptors (Lipinski definition) is 4. The molecule has 0 aliphatic carbocycles. The average Bonchev–Trinajstić information content (AvgIpc) is 3.56. The molecule has 4 nitrogen and oxygen atoms in total. The van der Waals surface area contributed by atoms with Crippen molar-refractivity contribution in [1.82, 2.24) is 4.98 Å². The molecule has 0 fully saturated rings. The summed E-state index contributed by atoms with van der Waals surface area (Å²) in [6.45, 7) is 4.46. The number of thiophene rings is 2. The third-order valence-corrected chi connectivity index (χ3v) is 9.48. The molecule has 176 valence electrons. The Morgan fingerprint density at radius 3 is 2.30 bits per heavy atom. The number of aliphatic imine (C=N–C) groups is 1.